The van der Waals surface area contributed by atoms with Crippen molar-refractivity contribution in [3.8, 4) is 5.75 Å². The number of ether oxygens (including phenoxy) is 1. The largest absolute Gasteiger partial charge is 0.497 e. The first-order chi connectivity index (χ1) is 12.1. The van der Waals surface area contributed by atoms with E-state index in [0.717, 1.165) is 30.4 Å². The molecule has 1 fully saturated rings. The molecule has 4 heteroatoms. The fourth-order valence-electron chi connectivity index (χ4n) is 3.35. The van der Waals surface area contributed by atoms with Crippen LogP contribution >= 0.6 is 0 Å². The van der Waals surface area contributed by atoms with E-state index in [1.54, 1.807) is 7.11 Å². The van der Waals surface area contributed by atoms with Crippen LogP contribution in [0.15, 0.2) is 48.5 Å². The van der Waals surface area contributed by atoms with Gasteiger partial charge in [-0.1, -0.05) is 25.1 Å². The van der Waals surface area contributed by atoms with Crippen molar-refractivity contribution in [2.75, 3.05) is 25.5 Å². The Hall–Kier alpha value is -2.33. The number of likely N-dealkylation sites (tertiary alicyclic amines) is 1. The Balaban J connectivity index is 1.60. The van der Waals surface area contributed by atoms with Crippen molar-refractivity contribution in [1.82, 2.24) is 4.90 Å². The van der Waals surface area contributed by atoms with Gasteiger partial charge in [-0.25, -0.2) is 0 Å². The van der Waals surface area contributed by atoms with E-state index in [1.807, 2.05) is 36.4 Å². The van der Waals surface area contributed by atoms with Crippen molar-refractivity contribution >= 4 is 11.6 Å². The van der Waals surface area contributed by atoms with E-state index in [-0.39, 0.29) is 5.91 Å². The molecule has 1 aliphatic heterocycles. The molecule has 4 nitrogen and oxygen atoms in total. The van der Waals surface area contributed by atoms with E-state index in [2.05, 4.69) is 29.3 Å². The quantitative estimate of drug-likeness (QED) is 0.889. The highest BCUT2D eigenvalue weighted by atomic mass is 16.5. The monoisotopic (exact) mass is 338 g/mol. The molecule has 1 heterocycles. The van der Waals surface area contributed by atoms with Crippen molar-refractivity contribution in [2.24, 2.45) is 5.92 Å². The van der Waals surface area contributed by atoms with Gasteiger partial charge < -0.3 is 10.1 Å². The van der Waals surface area contributed by atoms with Crippen LogP contribution in [-0.4, -0.2) is 31.0 Å². The van der Waals surface area contributed by atoms with E-state index in [1.165, 1.54) is 24.9 Å². The van der Waals surface area contributed by atoms with Crippen LogP contribution < -0.4 is 10.1 Å². The highest BCUT2D eigenvalue weighted by Gasteiger charge is 2.16. The molecule has 2 aromatic carbocycles. The smallest absolute Gasteiger partial charge is 0.255 e. The van der Waals surface area contributed by atoms with Crippen LogP contribution in [0.2, 0.25) is 0 Å². The SMILES string of the molecule is COc1cccc(NC(=O)c2ccc(CN3CCC[C@@H](C)C3)cc2)c1. The second kappa shape index (κ2) is 8.17. The van der Waals surface area contributed by atoms with Gasteiger partial charge in [0.15, 0.2) is 0 Å². The molecule has 0 bridgehead atoms. The van der Waals surface area contributed by atoms with Gasteiger partial charge in [0.05, 0.1) is 7.11 Å². The lowest BCUT2D eigenvalue weighted by Gasteiger charge is -2.30. The summed E-state index contributed by atoms with van der Waals surface area (Å²) >= 11 is 0. The highest BCUT2D eigenvalue weighted by Crippen LogP contribution is 2.19. The van der Waals surface area contributed by atoms with Gasteiger partial charge in [0.25, 0.3) is 5.91 Å². The topological polar surface area (TPSA) is 41.6 Å². The molecule has 1 saturated heterocycles. The molecule has 25 heavy (non-hydrogen) atoms. The van der Waals surface area contributed by atoms with Crippen LogP contribution in [0.4, 0.5) is 5.69 Å². The molecule has 0 unspecified atom stereocenters. The fraction of sp³-hybridized carbons (Fsp3) is 0.381. The van der Waals surface area contributed by atoms with Crippen LogP contribution in [0.1, 0.15) is 35.7 Å². The maximum atomic E-state index is 12.4. The summed E-state index contributed by atoms with van der Waals surface area (Å²) in [7, 11) is 1.61. The predicted octanol–water partition coefficient (Wildman–Crippen LogP) is 4.18. The van der Waals surface area contributed by atoms with Crippen LogP contribution in [-0.2, 0) is 6.54 Å². The van der Waals surface area contributed by atoms with Gasteiger partial charge in [-0.3, -0.25) is 9.69 Å². The van der Waals surface area contributed by atoms with Gasteiger partial charge in [0, 0.05) is 30.4 Å². The molecular formula is C21H26N2O2. The first-order valence-electron chi connectivity index (χ1n) is 8.91. The fourth-order valence-corrected chi connectivity index (χ4v) is 3.35. The number of amides is 1. The standard InChI is InChI=1S/C21H26N2O2/c1-16-5-4-12-23(14-16)15-17-8-10-18(11-9-17)21(24)22-19-6-3-7-20(13-19)25-2/h3,6-11,13,16H,4-5,12,14-15H2,1-2H3,(H,22,24)/t16-/m1/s1. The molecule has 1 aliphatic rings. The molecule has 0 saturated carbocycles. The van der Waals surface area contributed by atoms with E-state index < -0.39 is 0 Å². The number of hydrogen-bond acceptors (Lipinski definition) is 3. The van der Waals surface area contributed by atoms with Gasteiger partial charge in [0.1, 0.15) is 5.75 Å². The molecule has 1 amide bonds. The number of carbonyl (C=O) groups is 1. The van der Waals surface area contributed by atoms with Crippen LogP contribution in [0, 0.1) is 5.92 Å². The van der Waals surface area contributed by atoms with Crippen molar-refractivity contribution in [1.29, 1.82) is 0 Å². The number of anilines is 1. The average molecular weight is 338 g/mol. The number of hydrogen-bond donors (Lipinski definition) is 1. The maximum absolute atomic E-state index is 12.4. The third-order valence-electron chi connectivity index (χ3n) is 4.69. The number of nitrogens with one attached hydrogen (secondary N) is 1. The maximum Gasteiger partial charge on any atom is 0.255 e. The van der Waals surface area contributed by atoms with Crippen molar-refractivity contribution in [2.45, 2.75) is 26.3 Å². The summed E-state index contributed by atoms with van der Waals surface area (Å²) in [4.78, 5) is 14.9. The first-order valence-corrected chi connectivity index (χ1v) is 8.91. The van der Waals surface area contributed by atoms with Gasteiger partial charge >= 0.3 is 0 Å². The van der Waals surface area contributed by atoms with E-state index in [4.69, 9.17) is 4.74 Å². The second-order valence-corrected chi connectivity index (χ2v) is 6.87. The predicted molar refractivity (Wildman–Crippen MR) is 101 cm³/mol. The number of nitrogens with zero attached hydrogens (tertiary/aromatic N) is 1. The Labute approximate surface area is 149 Å². The molecule has 3 rings (SSSR count). The highest BCUT2D eigenvalue weighted by molar-refractivity contribution is 6.04. The Kier molecular flexibility index (Phi) is 5.71. The summed E-state index contributed by atoms with van der Waals surface area (Å²) in [6.45, 7) is 5.61. The van der Waals surface area contributed by atoms with Crippen LogP contribution in [0.5, 0.6) is 5.75 Å². The third-order valence-corrected chi connectivity index (χ3v) is 4.69. The Morgan fingerprint density at radius 3 is 2.76 bits per heavy atom. The summed E-state index contributed by atoms with van der Waals surface area (Å²) in [5.74, 6) is 1.40. The Morgan fingerprint density at radius 1 is 1.24 bits per heavy atom. The van der Waals surface area contributed by atoms with Crippen LogP contribution in [0.25, 0.3) is 0 Å². The van der Waals surface area contributed by atoms with Gasteiger partial charge in [-0.2, -0.15) is 0 Å². The van der Waals surface area contributed by atoms with Crippen molar-refractivity contribution in [3.05, 3.63) is 59.7 Å². The summed E-state index contributed by atoms with van der Waals surface area (Å²) in [5.41, 5.74) is 2.65. The van der Waals surface area contributed by atoms with Crippen molar-refractivity contribution < 1.29 is 9.53 Å². The second-order valence-electron chi connectivity index (χ2n) is 6.87. The number of benzene rings is 2. The molecule has 2 aromatic rings. The first kappa shape index (κ1) is 17.5. The summed E-state index contributed by atoms with van der Waals surface area (Å²) in [6, 6.07) is 15.3. The normalized spacial score (nSPS) is 17.9. The molecule has 1 atom stereocenters. The Bertz CT molecular complexity index is 712. The molecule has 1 N–H and O–H groups in total. The average Bonchev–Trinajstić information content (AvgIpc) is 2.62. The zero-order chi connectivity index (χ0) is 17.6. The number of methoxy groups -OCH3 is 1. The number of carbonyl (C=O) groups excluding carboxylic acids is 1. The van der Waals surface area contributed by atoms with Gasteiger partial charge in [0.2, 0.25) is 0 Å². The van der Waals surface area contributed by atoms with Crippen molar-refractivity contribution in [3.63, 3.8) is 0 Å². The number of piperidine rings is 1. The zero-order valence-corrected chi connectivity index (χ0v) is 15.0. The van der Waals surface area contributed by atoms with E-state index in [9.17, 15) is 4.79 Å². The molecule has 0 aliphatic carbocycles. The summed E-state index contributed by atoms with van der Waals surface area (Å²) in [6.07, 6.45) is 2.61. The summed E-state index contributed by atoms with van der Waals surface area (Å²) in [5, 5.41) is 2.91. The lowest BCUT2D eigenvalue weighted by atomic mass is 9.99. The van der Waals surface area contributed by atoms with Crippen LogP contribution in [0.3, 0.4) is 0 Å². The molecule has 0 radical (unpaired) electrons. The third kappa shape index (κ3) is 4.83. The van der Waals surface area contributed by atoms with Gasteiger partial charge in [-0.15, -0.1) is 0 Å². The van der Waals surface area contributed by atoms with Gasteiger partial charge in [-0.05, 0) is 55.1 Å². The lowest BCUT2D eigenvalue weighted by molar-refractivity contribution is 0.102. The summed E-state index contributed by atoms with van der Waals surface area (Å²) < 4.78 is 5.18. The molecular weight excluding hydrogens is 312 g/mol. The Morgan fingerprint density at radius 2 is 2.04 bits per heavy atom. The minimum Gasteiger partial charge on any atom is -0.497 e. The van der Waals surface area contributed by atoms with E-state index >= 15 is 0 Å². The minimum absolute atomic E-state index is 0.105. The number of rotatable bonds is 5. The molecule has 132 valence electrons. The lowest BCUT2D eigenvalue weighted by Crippen LogP contribution is -2.33. The molecule has 0 aromatic heterocycles. The molecule has 0 spiro atoms. The minimum atomic E-state index is -0.105. The van der Waals surface area contributed by atoms with E-state index in [0.29, 0.717) is 5.56 Å². The zero-order valence-electron chi connectivity index (χ0n) is 15.0.